The first-order valence-corrected chi connectivity index (χ1v) is 9.14. The molecule has 0 spiro atoms. The number of amides is 2. The average Bonchev–Trinajstić information content (AvgIpc) is 3.34. The van der Waals surface area contributed by atoms with Crippen molar-refractivity contribution < 1.29 is 18.7 Å². The molecule has 0 radical (unpaired) electrons. The van der Waals surface area contributed by atoms with Gasteiger partial charge in [-0.2, -0.15) is 0 Å². The molecule has 2 aliphatic rings. The number of hydrogen-bond donors (Lipinski definition) is 1. The van der Waals surface area contributed by atoms with E-state index in [1.54, 1.807) is 0 Å². The van der Waals surface area contributed by atoms with Crippen molar-refractivity contribution in [3.63, 3.8) is 0 Å². The summed E-state index contributed by atoms with van der Waals surface area (Å²) in [6, 6.07) is 3.79. The summed E-state index contributed by atoms with van der Waals surface area (Å²) in [5, 5.41) is 3.03. The summed E-state index contributed by atoms with van der Waals surface area (Å²) in [5.41, 5.74) is -0.263. The van der Waals surface area contributed by atoms with Crippen LogP contribution in [0.5, 0.6) is 5.75 Å². The second kappa shape index (κ2) is 6.89. The molecule has 1 aliphatic heterocycles. The SMILES string of the molecule is COc1ccc(F)cc1C(=O)NC1CN(C(=O)C(C)(C)C)CC1C1CC1. The van der Waals surface area contributed by atoms with Gasteiger partial charge in [0.2, 0.25) is 5.91 Å². The van der Waals surface area contributed by atoms with Crippen molar-refractivity contribution in [2.45, 2.75) is 39.7 Å². The first kappa shape index (κ1) is 18.7. The Morgan fingerprint density at radius 3 is 2.50 bits per heavy atom. The minimum atomic E-state index is -0.481. The highest BCUT2D eigenvalue weighted by molar-refractivity contribution is 5.97. The number of halogens is 1. The molecule has 1 N–H and O–H groups in total. The molecule has 1 saturated heterocycles. The van der Waals surface area contributed by atoms with Crippen LogP contribution in [0.15, 0.2) is 18.2 Å². The number of likely N-dealkylation sites (tertiary alicyclic amines) is 1. The van der Waals surface area contributed by atoms with Gasteiger partial charge in [-0.15, -0.1) is 0 Å². The van der Waals surface area contributed by atoms with Crippen LogP contribution in [-0.4, -0.2) is 43.0 Å². The van der Waals surface area contributed by atoms with Gasteiger partial charge in [-0.3, -0.25) is 9.59 Å². The van der Waals surface area contributed by atoms with Crippen LogP contribution in [0, 0.1) is 23.1 Å². The predicted molar refractivity (Wildman–Crippen MR) is 96.5 cm³/mol. The fourth-order valence-corrected chi connectivity index (χ4v) is 3.73. The number of carbonyl (C=O) groups excluding carboxylic acids is 2. The van der Waals surface area contributed by atoms with Gasteiger partial charge in [-0.05, 0) is 37.0 Å². The Balaban J connectivity index is 1.76. The molecule has 0 aromatic heterocycles. The molecule has 26 heavy (non-hydrogen) atoms. The van der Waals surface area contributed by atoms with E-state index in [0.29, 0.717) is 24.8 Å². The van der Waals surface area contributed by atoms with E-state index in [2.05, 4.69) is 5.32 Å². The maximum atomic E-state index is 13.6. The van der Waals surface area contributed by atoms with Crippen LogP contribution in [0.3, 0.4) is 0 Å². The fraction of sp³-hybridized carbons (Fsp3) is 0.600. The molecule has 2 amide bonds. The second-order valence-electron chi connectivity index (χ2n) is 8.39. The normalized spacial score (nSPS) is 23.0. The van der Waals surface area contributed by atoms with Crippen LogP contribution in [0.1, 0.15) is 44.0 Å². The van der Waals surface area contributed by atoms with Gasteiger partial charge in [-0.25, -0.2) is 4.39 Å². The molecule has 2 fully saturated rings. The van der Waals surface area contributed by atoms with Gasteiger partial charge in [-0.1, -0.05) is 20.8 Å². The first-order chi connectivity index (χ1) is 12.2. The standard InChI is InChI=1S/C20H27FN2O3/c1-20(2,3)19(25)23-10-15(12-5-6-12)16(11-23)22-18(24)14-9-13(21)7-8-17(14)26-4/h7-9,12,15-16H,5-6,10-11H2,1-4H3,(H,22,24). The van der Waals surface area contributed by atoms with Gasteiger partial charge in [0.1, 0.15) is 11.6 Å². The molecule has 1 aliphatic carbocycles. The predicted octanol–water partition coefficient (Wildman–Crippen LogP) is 2.85. The Morgan fingerprint density at radius 1 is 1.23 bits per heavy atom. The van der Waals surface area contributed by atoms with Crippen LogP contribution in [0.4, 0.5) is 4.39 Å². The van der Waals surface area contributed by atoms with Crippen molar-refractivity contribution >= 4 is 11.8 Å². The van der Waals surface area contributed by atoms with Crippen LogP contribution in [0.2, 0.25) is 0 Å². The Hall–Kier alpha value is -2.11. The number of rotatable bonds is 4. The van der Waals surface area contributed by atoms with E-state index in [0.717, 1.165) is 12.8 Å². The highest BCUT2D eigenvalue weighted by atomic mass is 19.1. The third-order valence-electron chi connectivity index (χ3n) is 5.24. The zero-order valence-corrected chi connectivity index (χ0v) is 15.8. The summed E-state index contributed by atoms with van der Waals surface area (Å²) in [6.07, 6.45) is 2.27. The summed E-state index contributed by atoms with van der Waals surface area (Å²) in [4.78, 5) is 27.2. The lowest BCUT2D eigenvalue weighted by atomic mass is 9.95. The molecular weight excluding hydrogens is 335 g/mol. The summed E-state index contributed by atoms with van der Waals surface area (Å²) < 4.78 is 18.8. The Labute approximate surface area is 153 Å². The van der Waals surface area contributed by atoms with Gasteiger partial charge < -0.3 is 15.0 Å². The maximum Gasteiger partial charge on any atom is 0.255 e. The molecule has 0 bridgehead atoms. The Bertz CT molecular complexity index is 709. The molecule has 1 heterocycles. The highest BCUT2D eigenvalue weighted by Crippen LogP contribution is 2.42. The second-order valence-corrected chi connectivity index (χ2v) is 8.39. The lowest BCUT2D eigenvalue weighted by molar-refractivity contribution is -0.138. The number of hydrogen-bond acceptors (Lipinski definition) is 3. The molecule has 142 valence electrons. The molecular formula is C20H27FN2O3. The molecule has 3 rings (SSSR count). The largest absolute Gasteiger partial charge is 0.496 e. The van der Waals surface area contributed by atoms with E-state index in [4.69, 9.17) is 4.74 Å². The molecule has 1 saturated carbocycles. The number of methoxy groups -OCH3 is 1. The van der Waals surface area contributed by atoms with Gasteiger partial charge >= 0.3 is 0 Å². The van der Waals surface area contributed by atoms with Crippen LogP contribution < -0.4 is 10.1 Å². The van der Waals surface area contributed by atoms with Crippen molar-refractivity contribution in [1.82, 2.24) is 10.2 Å². The van der Waals surface area contributed by atoms with Crippen LogP contribution in [-0.2, 0) is 4.79 Å². The lowest BCUT2D eigenvalue weighted by Crippen LogP contribution is -2.43. The van der Waals surface area contributed by atoms with Crippen molar-refractivity contribution in [3.05, 3.63) is 29.6 Å². The summed E-state index contributed by atoms with van der Waals surface area (Å²) >= 11 is 0. The lowest BCUT2D eigenvalue weighted by Gasteiger charge is -2.25. The van der Waals surface area contributed by atoms with Crippen LogP contribution in [0.25, 0.3) is 0 Å². The van der Waals surface area contributed by atoms with Crippen molar-refractivity contribution in [2.24, 2.45) is 17.3 Å². The minimum absolute atomic E-state index is 0.100. The number of carbonyl (C=O) groups is 2. The van der Waals surface area contributed by atoms with Gasteiger partial charge in [0.25, 0.3) is 5.91 Å². The van der Waals surface area contributed by atoms with Gasteiger partial charge in [0, 0.05) is 24.4 Å². The zero-order valence-electron chi connectivity index (χ0n) is 15.8. The third-order valence-corrected chi connectivity index (χ3v) is 5.24. The summed E-state index contributed by atoms with van der Waals surface area (Å²) in [5.74, 6) is 0.403. The van der Waals surface area contributed by atoms with E-state index in [-0.39, 0.29) is 29.3 Å². The average molecular weight is 362 g/mol. The fourth-order valence-electron chi connectivity index (χ4n) is 3.73. The molecule has 5 nitrogen and oxygen atoms in total. The topological polar surface area (TPSA) is 58.6 Å². The van der Waals surface area contributed by atoms with Crippen molar-refractivity contribution in [3.8, 4) is 5.75 Å². The number of nitrogens with one attached hydrogen (secondary N) is 1. The van der Waals surface area contributed by atoms with Crippen molar-refractivity contribution in [1.29, 1.82) is 0 Å². The third kappa shape index (κ3) is 3.84. The number of ether oxygens (including phenoxy) is 1. The highest BCUT2D eigenvalue weighted by Gasteiger charge is 2.45. The minimum Gasteiger partial charge on any atom is -0.496 e. The summed E-state index contributed by atoms with van der Waals surface area (Å²) in [6.45, 7) is 6.90. The van der Waals surface area contributed by atoms with E-state index < -0.39 is 11.2 Å². The van der Waals surface area contributed by atoms with Crippen molar-refractivity contribution in [2.75, 3.05) is 20.2 Å². The Kier molecular flexibility index (Phi) is 4.95. The van der Waals surface area contributed by atoms with Crippen LogP contribution >= 0.6 is 0 Å². The monoisotopic (exact) mass is 362 g/mol. The quantitative estimate of drug-likeness (QED) is 0.896. The van der Waals surface area contributed by atoms with Gasteiger partial charge in [0.05, 0.1) is 18.7 Å². The molecule has 1 aromatic rings. The summed E-state index contributed by atoms with van der Waals surface area (Å²) in [7, 11) is 1.45. The van der Waals surface area contributed by atoms with E-state index in [1.165, 1.54) is 25.3 Å². The number of benzene rings is 1. The first-order valence-electron chi connectivity index (χ1n) is 9.14. The Morgan fingerprint density at radius 2 is 1.92 bits per heavy atom. The molecule has 2 atom stereocenters. The molecule has 2 unspecified atom stereocenters. The maximum absolute atomic E-state index is 13.6. The number of nitrogens with zero attached hydrogens (tertiary/aromatic N) is 1. The van der Waals surface area contributed by atoms with E-state index in [9.17, 15) is 14.0 Å². The molecule has 1 aromatic carbocycles. The molecule has 6 heteroatoms. The van der Waals surface area contributed by atoms with E-state index >= 15 is 0 Å². The smallest absolute Gasteiger partial charge is 0.255 e. The zero-order chi connectivity index (χ0) is 19.1. The van der Waals surface area contributed by atoms with E-state index in [1.807, 2.05) is 25.7 Å². The van der Waals surface area contributed by atoms with Gasteiger partial charge in [0.15, 0.2) is 0 Å².